The highest BCUT2D eigenvalue weighted by molar-refractivity contribution is 5.02. The van der Waals surface area contributed by atoms with Gasteiger partial charge in [-0.15, -0.1) is 0 Å². The van der Waals surface area contributed by atoms with Crippen molar-refractivity contribution in [3.63, 3.8) is 0 Å². The lowest BCUT2D eigenvalue weighted by molar-refractivity contribution is 0.276. The van der Waals surface area contributed by atoms with Gasteiger partial charge in [0, 0.05) is 6.54 Å². The van der Waals surface area contributed by atoms with Crippen molar-refractivity contribution in [2.24, 2.45) is 5.41 Å². The minimum Gasteiger partial charge on any atom is -0.305 e. The number of hydrogen-bond acceptors (Lipinski definition) is 2. The van der Waals surface area contributed by atoms with E-state index in [9.17, 15) is 0 Å². The van der Waals surface area contributed by atoms with Crippen LogP contribution in [0.4, 0.5) is 0 Å². The normalized spacial score (nSPS) is 37.2. The van der Waals surface area contributed by atoms with Crippen molar-refractivity contribution >= 4 is 0 Å². The van der Waals surface area contributed by atoms with Crippen LogP contribution in [0.3, 0.4) is 0 Å². The van der Waals surface area contributed by atoms with E-state index >= 15 is 0 Å². The van der Waals surface area contributed by atoms with Crippen LogP contribution in [0.1, 0.15) is 19.3 Å². The first-order chi connectivity index (χ1) is 4.76. The SMILES string of the molecule is CNC1CC2(CC2)CN1C. The Hall–Kier alpha value is -0.0800. The summed E-state index contributed by atoms with van der Waals surface area (Å²) in [6.45, 7) is 1.32. The highest BCUT2D eigenvalue weighted by Gasteiger charge is 2.50. The van der Waals surface area contributed by atoms with Crippen LogP contribution in [0.2, 0.25) is 0 Å². The highest BCUT2D eigenvalue weighted by Crippen LogP contribution is 2.53. The van der Waals surface area contributed by atoms with E-state index in [1.165, 1.54) is 25.8 Å². The molecular formula is C8H16N2. The zero-order valence-corrected chi connectivity index (χ0v) is 6.85. The van der Waals surface area contributed by atoms with E-state index in [-0.39, 0.29) is 0 Å². The molecule has 1 aliphatic heterocycles. The molecule has 2 aliphatic rings. The molecule has 58 valence electrons. The first-order valence-corrected chi connectivity index (χ1v) is 4.13. The van der Waals surface area contributed by atoms with Crippen LogP contribution < -0.4 is 5.32 Å². The Morgan fingerprint density at radius 3 is 2.50 bits per heavy atom. The lowest BCUT2D eigenvalue weighted by atomic mass is 10.1. The van der Waals surface area contributed by atoms with Crippen LogP contribution in [0.5, 0.6) is 0 Å². The van der Waals surface area contributed by atoms with Gasteiger partial charge in [0.05, 0.1) is 6.17 Å². The van der Waals surface area contributed by atoms with Crippen molar-refractivity contribution in [1.82, 2.24) is 10.2 Å². The van der Waals surface area contributed by atoms with E-state index < -0.39 is 0 Å². The molecule has 1 spiro atoms. The Bertz CT molecular complexity index is 140. The molecular weight excluding hydrogens is 124 g/mol. The quantitative estimate of drug-likeness (QED) is 0.575. The van der Waals surface area contributed by atoms with Gasteiger partial charge in [0.1, 0.15) is 0 Å². The molecule has 0 aromatic carbocycles. The fourth-order valence-electron chi connectivity index (χ4n) is 2.13. The molecule has 0 aromatic rings. The van der Waals surface area contributed by atoms with Gasteiger partial charge in [-0.2, -0.15) is 0 Å². The van der Waals surface area contributed by atoms with E-state index in [4.69, 9.17) is 0 Å². The van der Waals surface area contributed by atoms with Crippen LogP contribution in [-0.2, 0) is 0 Å². The van der Waals surface area contributed by atoms with E-state index in [1.807, 2.05) is 0 Å². The topological polar surface area (TPSA) is 15.3 Å². The molecule has 1 saturated heterocycles. The molecule has 1 N–H and O–H groups in total. The molecule has 0 amide bonds. The fourth-order valence-corrected chi connectivity index (χ4v) is 2.13. The zero-order chi connectivity index (χ0) is 7.19. The molecule has 0 bridgehead atoms. The Morgan fingerprint density at radius 2 is 2.20 bits per heavy atom. The minimum absolute atomic E-state index is 0.655. The summed E-state index contributed by atoms with van der Waals surface area (Å²) in [5, 5.41) is 3.34. The third kappa shape index (κ3) is 0.867. The van der Waals surface area contributed by atoms with Crippen LogP contribution in [-0.4, -0.2) is 31.7 Å². The van der Waals surface area contributed by atoms with Crippen LogP contribution in [0.25, 0.3) is 0 Å². The average Bonchev–Trinajstić information content (AvgIpc) is 2.55. The third-order valence-electron chi connectivity index (χ3n) is 3.03. The highest BCUT2D eigenvalue weighted by atomic mass is 15.3. The predicted molar refractivity (Wildman–Crippen MR) is 41.8 cm³/mol. The summed E-state index contributed by atoms with van der Waals surface area (Å²) >= 11 is 0. The second kappa shape index (κ2) is 1.95. The molecule has 2 rings (SSSR count). The summed E-state index contributed by atoms with van der Waals surface area (Å²) in [5.41, 5.74) is 0.752. The summed E-state index contributed by atoms with van der Waals surface area (Å²) in [6.07, 6.45) is 4.97. The molecule has 1 atom stereocenters. The van der Waals surface area contributed by atoms with Crippen molar-refractivity contribution in [3.05, 3.63) is 0 Å². The van der Waals surface area contributed by atoms with Crippen molar-refractivity contribution in [1.29, 1.82) is 0 Å². The van der Waals surface area contributed by atoms with Gasteiger partial charge in [-0.1, -0.05) is 0 Å². The second-order valence-electron chi connectivity index (χ2n) is 3.92. The van der Waals surface area contributed by atoms with Crippen LogP contribution >= 0.6 is 0 Å². The van der Waals surface area contributed by atoms with Crippen molar-refractivity contribution in [3.8, 4) is 0 Å². The predicted octanol–water partition coefficient (Wildman–Crippen LogP) is 0.648. The first-order valence-electron chi connectivity index (χ1n) is 4.13. The fraction of sp³-hybridized carbons (Fsp3) is 1.00. The Labute approximate surface area is 62.6 Å². The maximum atomic E-state index is 3.34. The molecule has 2 nitrogen and oxygen atoms in total. The number of nitrogens with one attached hydrogen (secondary N) is 1. The lowest BCUT2D eigenvalue weighted by Gasteiger charge is -2.17. The maximum Gasteiger partial charge on any atom is 0.0598 e. The third-order valence-corrected chi connectivity index (χ3v) is 3.03. The van der Waals surface area contributed by atoms with Gasteiger partial charge in [0.2, 0.25) is 0 Å². The molecule has 0 radical (unpaired) electrons. The lowest BCUT2D eigenvalue weighted by Crippen LogP contribution is -2.35. The Morgan fingerprint density at radius 1 is 1.50 bits per heavy atom. The molecule has 1 saturated carbocycles. The standard InChI is InChI=1S/C8H16N2/c1-9-7-5-8(3-4-8)6-10(7)2/h7,9H,3-6H2,1-2H3. The maximum absolute atomic E-state index is 3.34. The Kier molecular flexibility index (Phi) is 1.29. The van der Waals surface area contributed by atoms with Gasteiger partial charge in [-0.05, 0) is 38.8 Å². The number of hydrogen-bond donors (Lipinski definition) is 1. The summed E-state index contributed by atoms with van der Waals surface area (Å²) in [6, 6.07) is 0. The van der Waals surface area contributed by atoms with Gasteiger partial charge in [-0.25, -0.2) is 0 Å². The molecule has 1 unspecified atom stereocenters. The minimum atomic E-state index is 0.655. The molecule has 1 heterocycles. The number of rotatable bonds is 1. The number of likely N-dealkylation sites (tertiary alicyclic amines) is 1. The van der Waals surface area contributed by atoms with Gasteiger partial charge in [0.25, 0.3) is 0 Å². The van der Waals surface area contributed by atoms with Gasteiger partial charge < -0.3 is 5.32 Å². The van der Waals surface area contributed by atoms with Crippen LogP contribution in [0, 0.1) is 5.41 Å². The van der Waals surface area contributed by atoms with E-state index in [0.29, 0.717) is 6.17 Å². The van der Waals surface area contributed by atoms with Crippen molar-refractivity contribution < 1.29 is 0 Å². The zero-order valence-electron chi connectivity index (χ0n) is 6.85. The van der Waals surface area contributed by atoms with Crippen LogP contribution in [0.15, 0.2) is 0 Å². The molecule has 2 fully saturated rings. The molecule has 1 aliphatic carbocycles. The van der Waals surface area contributed by atoms with E-state index in [0.717, 1.165) is 5.41 Å². The molecule has 0 aromatic heterocycles. The molecule has 10 heavy (non-hydrogen) atoms. The van der Waals surface area contributed by atoms with Gasteiger partial charge in [0.15, 0.2) is 0 Å². The number of nitrogens with zero attached hydrogens (tertiary/aromatic N) is 1. The summed E-state index contributed by atoms with van der Waals surface area (Å²) in [7, 11) is 4.27. The van der Waals surface area contributed by atoms with Gasteiger partial charge >= 0.3 is 0 Å². The molecule has 2 heteroatoms. The van der Waals surface area contributed by atoms with Gasteiger partial charge in [-0.3, -0.25) is 4.90 Å². The largest absolute Gasteiger partial charge is 0.305 e. The average molecular weight is 140 g/mol. The smallest absolute Gasteiger partial charge is 0.0598 e. The van der Waals surface area contributed by atoms with Crippen molar-refractivity contribution in [2.75, 3.05) is 20.6 Å². The second-order valence-corrected chi connectivity index (χ2v) is 3.92. The summed E-state index contributed by atoms with van der Waals surface area (Å²) in [5.74, 6) is 0. The van der Waals surface area contributed by atoms with E-state index in [2.05, 4.69) is 24.3 Å². The monoisotopic (exact) mass is 140 g/mol. The summed E-state index contributed by atoms with van der Waals surface area (Å²) < 4.78 is 0. The summed E-state index contributed by atoms with van der Waals surface area (Å²) in [4.78, 5) is 2.44. The van der Waals surface area contributed by atoms with Crippen molar-refractivity contribution in [2.45, 2.75) is 25.4 Å². The van der Waals surface area contributed by atoms with E-state index in [1.54, 1.807) is 0 Å². The Balaban J connectivity index is 2.00. The first kappa shape index (κ1) is 6.62.